The van der Waals surface area contributed by atoms with E-state index in [1.807, 2.05) is 13.0 Å². The fourth-order valence-electron chi connectivity index (χ4n) is 3.10. The highest BCUT2D eigenvalue weighted by Gasteiger charge is 2.34. The molecule has 1 saturated carbocycles. The number of nitriles is 1. The molecular formula is C18H23N5O2. The highest BCUT2D eigenvalue weighted by molar-refractivity contribution is 5.94. The Labute approximate surface area is 147 Å². The molecule has 7 nitrogen and oxygen atoms in total. The number of likely N-dealkylation sites (tertiary alicyclic amines) is 1. The molecule has 1 aromatic heterocycles. The quantitative estimate of drug-likeness (QED) is 0.882. The van der Waals surface area contributed by atoms with E-state index in [9.17, 15) is 9.59 Å². The van der Waals surface area contributed by atoms with Crippen molar-refractivity contribution in [1.82, 2.24) is 20.1 Å². The maximum absolute atomic E-state index is 12.5. The first-order chi connectivity index (χ1) is 12.1. The zero-order chi connectivity index (χ0) is 17.8. The topological polar surface area (TPSA) is 89.3 Å². The highest BCUT2D eigenvalue weighted by Crippen LogP contribution is 2.27. The van der Waals surface area contributed by atoms with E-state index >= 15 is 0 Å². The van der Waals surface area contributed by atoms with Crippen molar-refractivity contribution in [2.75, 3.05) is 19.6 Å². The van der Waals surface area contributed by atoms with Gasteiger partial charge in [0.15, 0.2) is 0 Å². The number of carbonyl (C=O) groups is 2. The van der Waals surface area contributed by atoms with Crippen LogP contribution < -0.4 is 5.32 Å². The first-order valence-corrected chi connectivity index (χ1v) is 8.74. The Bertz CT molecular complexity index is 678. The van der Waals surface area contributed by atoms with Crippen molar-refractivity contribution in [2.45, 2.75) is 44.7 Å². The van der Waals surface area contributed by atoms with E-state index in [1.165, 1.54) is 0 Å². The molecule has 1 atom stereocenters. The average molecular weight is 341 g/mol. The molecule has 0 aromatic carbocycles. The Morgan fingerprint density at radius 3 is 2.84 bits per heavy atom. The molecule has 0 spiro atoms. The smallest absolute Gasteiger partial charge is 0.317 e. The lowest BCUT2D eigenvalue weighted by atomic mass is 10.2. The van der Waals surface area contributed by atoms with Crippen molar-refractivity contribution < 1.29 is 9.59 Å². The number of rotatable bonds is 5. The molecule has 0 bridgehead atoms. The Hall–Kier alpha value is -2.62. The number of hydrogen-bond acceptors (Lipinski definition) is 4. The van der Waals surface area contributed by atoms with Crippen LogP contribution in [0.15, 0.2) is 18.3 Å². The summed E-state index contributed by atoms with van der Waals surface area (Å²) in [4.78, 5) is 32.7. The van der Waals surface area contributed by atoms with Gasteiger partial charge in [0.25, 0.3) is 5.91 Å². The van der Waals surface area contributed by atoms with Crippen LogP contribution in [0, 0.1) is 18.3 Å². The third-order valence-electron chi connectivity index (χ3n) is 4.67. The van der Waals surface area contributed by atoms with E-state index in [-0.39, 0.29) is 24.0 Å². The van der Waals surface area contributed by atoms with Crippen molar-refractivity contribution in [1.29, 1.82) is 5.26 Å². The lowest BCUT2D eigenvalue weighted by molar-refractivity contribution is 0.0788. The van der Waals surface area contributed by atoms with Crippen LogP contribution in [0.4, 0.5) is 4.79 Å². The highest BCUT2D eigenvalue weighted by atomic mass is 16.2. The molecule has 0 radical (unpaired) electrons. The lowest BCUT2D eigenvalue weighted by Gasteiger charge is -2.24. The minimum atomic E-state index is -0.117. The number of nitrogens with one attached hydrogen (secondary N) is 1. The molecule has 1 N–H and O–H groups in total. The summed E-state index contributed by atoms with van der Waals surface area (Å²) in [6.45, 7) is 3.49. The van der Waals surface area contributed by atoms with Gasteiger partial charge in [0.2, 0.25) is 0 Å². The van der Waals surface area contributed by atoms with Crippen LogP contribution in [0.3, 0.4) is 0 Å². The molecule has 7 heteroatoms. The SMILES string of the molecule is Cc1ccc(C(=O)N2CC[C@@H](NC(=O)N(CCC#N)C3CC3)C2)cn1. The Morgan fingerprint density at radius 2 is 2.20 bits per heavy atom. The molecule has 1 aliphatic carbocycles. The molecule has 3 amide bonds. The van der Waals surface area contributed by atoms with E-state index < -0.39 is 0 Å². The van der Waals surface area contributed by atoms with Gasteiger partial charge >= 0.3 is 6.03 Å². The summed E-state index contributed by atoms with van der Waals surface area (Å²) in [6, 6.07) is 5.81. The molecule has 132 valence electrons. The first-order valence-electron chi connectivity index (χ1n) is 8.74. The van der Waals surface area contributed by atoms with Crippen LogP contribution in [-0.4, -0.2) is 58.4 Å². The Morgan fingerprint density at radius 1 is 1.40 bits per heavy atom. The van der Waals surface area contributed by atoms with Crippen LogP contribution in [0.5, 0.6) is 0 Å². The molecule has 25 heavy (non-hydrogen) atoms. The third-order valence-corrected chi connectivity index (χ3v) is 4.67. The second-order valence-electron chi connectivity index (χ2n) is 6.71. The van der Waals surface area contributed by atoms with Crippen LogP contribution in [0.2, 0.25) is 0 Å². The van der Waals surface area contributed by atoms with Gasteiger partial charge in [0.1, 0.15) is 0 Å². The van der Waals surface area contributed by atoms with Gasteiger partial charge in [-0.1, -0.05) is 0 Å². The van der Waals surface area contributed by atoms with Crippen LogP contribution in [-0.2, 0) is 0 Å². The lowest BCUT2D eigenvalue weighted by Crippen LogP contribution is -2.47. The summed E-state index contributed by atoms with van der Waals surface area (Å²) in [5.41, 5.74) is 1.45. The van der Waals surface area contributed by atoms with E-state index in [4.69, 9.17) is 5.26 Å². The summed E-state index contributed by atoms with van der Waals surface area (Å²) in [7, 11) is 0. The molecule has 2 fully saturated rings. The predicted molar refractivity (Wildman–Crippen MR) is 91.8 cm³/mol. The fourth-order valence-corrected chi connectivity index (χ4v) is 3.10. The molecule has 2 heterocycles. The summed E-state index contributed by atoms with van der Waals surface area (Å²) in [5.74, 6) is -0.0484. The number of aromatic nitrogens is 1. The van der Waals surface area contributed by atoms with Crippen molar-refractivity contribution in [3.63, 3.8) is 0 Å². The second-order valence-corrected chi connectivity index (χ2v) is 6.71. The predicted octanol–water partition coefficient (Wildman–Crippen LogP) is 1.69. The molecule has 1 saturated heterocycles. The van der Waals surface area contributed by atoms with Gasteiger partial charge in [-0.2, -0.15) is 5.26 Å². The fraction of sp³-hybridized carbons (Fsp3) is 0.556. The maximum atomic E-state index is 12.5. The normalized spacial score (nSPS) is 19.4. The molecule has 0 unspecified atom stereocenters. The Kier molecular flexibility index (Phi) is 5.17. The zero-order valence-corrected chi connectivity index (χ0v) is 14.4. The summed E-state index contributed by atoms with van der Waals surface area (Å²) < 4.78 is 0. The average Bonchev–Trinajstić information content (AvgIpc) is 3.33. The standard InChI is InChI=1S/C18H23N5O2/c1-13-3-4-14(11-20-13)17(24)22-10-7-15(12-22)21-18(25)23(9-2-8-19)16-5-6-16/h3-4,11,15-16H,2,5-7,9-10,12H2,1H3,(H,21,25)/t15-/m1/s1. The van der Waals surface area contributed by atoms with Crippen LogP contribution >= 0.6 is 0 Å². The minimum Gasteiger partial charge on any atom is -0.336 e. The summed E-state index contributed by atoms with van der Waals surface area (Å²) in [5, 5.41) is 11.8. The monoisotopic (exact) mass is 341 g/mol. The number of aryl methyl sites for hydroxylation is 1. The molecular weight excluding hydrogens is 318 g/mol. The number of pyridine rings is 1. The van der Waals surface area contributed by atoms with Gasteiger partial charge in [-0.3, -0.25) is 9.78 Å². The number of hydrogen-bond donors (Lipinski definition) is 1. The van der Waals surface area contributed by atoms with Gasteiger partial charge in [-0.05, 0) is 38.3 Å². The van der Waals surface area contributed by atoms with E-state index in [0.717, 1.165) is 25.0 Å². The first kappa shape index (κ1) is 17.2. The van der Waals surface area contributed by atoms with Gasteiger partial charge in [0, 0.05) is 43.6 Å². The van der Waals surface area contributed by atoms with E-state index in [2.05, 4.69) is 16.4 Å². The van der Waals surface area contributed by atoms with Crippen molar-refractivity contribution in [3.05, 3.63) is 29.6 Å². The van der Waals surface area contributed by atoms with Crippen molar-refractivity contribution >= 4 is 11.9 Å². The van der Waals surface area contributed by atoms with E-state index in [1.54, 1.807) is 22.1 Å². The van der Waals surface area contributed by atoms with Crippen molar-refractivity contribution in [2.24, 2.45) is 0 Å². The van der Waals surface area contributed by atoms with Crippen molar-refractivity contribution in [3.8, 4) is 6.07 Å². The number of nitrogens with zero attached hydrogens (tertiary/aromatic N) is 4. The number of amides is 3. The van der Waals surface area contributed by atoms with Crippen LogP contribution in [0.1, 0.15) is 41.7 Å². The van der Waals surface area contributed by atoms with Gasteiger partial charge < -0.3 is 15.1 Å². The van der Waals surface area contributed by atoms with Gasteiger partial charge in [-0.25, -0.2) is 4.79 Å². The summed E-state index contributed by atoms with van der Waals surface area (Å²) >= 11 is 0. The molecule has 1 aliphatic heterocycles. The molecule has 2 aliphatic rings. The maximum Gasteiger partial charge on any atom is 0.317 e. The summed E-state index contributed by atoms with van der Waals surface area (Å²) in [6.07, 6.45) is 4.70. The number of carbonyl (C=O) groups excluding carboxylic acids is 2. The molecule has 3 rings (SSSR count). The minimum absolute atomic E-state index is 0.0433. The molecule has 1 aromatic rings. The van der Waals surface area contributed by atoms with Gasteiger partial charge in [-0.15, -0.1) is 0 Å². The third kappa shape index (κ3) is 4.27. The Balaban J connectivity index is 1.53. The second kappa shape index (κ2) is 7.51. The van der Waals surface area contributed by atoms with E-state index in [0.29, 0.717) is 31.6 Å². The largest absolute Gasteiger partial charge is 0.336 e. The van der Waals surface area contributed by atoms with Crippen LogP contribution in [0.25, 0.3) is 0 Å². The van der Waals surface area contributed by atoms with Gasteiger partial charge in [0.05, 0.1) is 18.1 Å². The number of urea groups is 1. The zero-order valence-electron chi connectivity index (χ0n) is 14.4.